The summed E-state index contributed by atoms with van der Waals surface area (Å²) in [6, 6.07) is 12.7. The molecule has 0 aromatic heterocycles. The molecule has 0 aliphatic carbocycles. The highest BCUT2D eigenvalue weighted by Gasteiger charge is 2.25. The Labute approximate surface area is 115 Å². The molecule has 3 heteroatoms. The van der Waals surface area contributed by atoms with Crippen molar-refractivity contribution in [2.75, 3.05) is 13.2 Å². The number of nitrogens with two attached hydrogens (primary N) is 1. The molecule has 1 fully saturated rings. The zero-order valence-corrected chi connectivity index (χ0v) is 11.7. The third-order valence-corrected chi connectivity index (χ3v) is 4.43. The van der Waals surface area contributed by atoms with Crippen molar-refractivity contribution in [2.45, 2.75) is 12.5 Å². The van der Waals surface area contributed by atoms with Crippen molar-refractivity contribution in [3.63, 3.8) is 0 Å². The molecule has 2 unspecified atom stereocenters. The summed E-state index contributed by atoms with van der Waals surface area (Å²) in [7, 11) is 0. The Hall–Kier alpha value is -0.900. The fourth-order valence-electron chi connectivity index (χ4n) is 2.67. The first-order valence-corrected chi connectivity index (χ1v) is 7.07. The third-order valence-electron chi connectivity index (χ3n) is 3.74. The van der Waals surface area contributed by atoms with Crippen LogP contribution in [0.4, 0.5) is 0 Å². The lowest BCUT2D eigenvalue weighted by Gasteiger charge is -2.20. The molecule has 2 nitrogen and oxygen atoms in total. The normalized spacial score (nSPS) is 21.3. The van der Waals surface area contributed by atoms with Crippen LogP contribution in [0.3, 0.4) is 0 Å². The number of benzene rings is 2. The van der Waals surface area contributed by atoms with Gasteiger partial charge in [-0.05, 0) is 28.8 Å². The summed E-state index contributed by atoms with van der Waals surface area (Å²) < 4.78 is 6.57. The molecule has 94 valence electrons. The highest BCUT2D eigenvalue weighted by molar-refractivity contribution is 9.10. The largest absolute Gasteiger partial charge is 0.381 e. The summed E-state index contributed by atoms with van der Waals surface area (Å²) in [5, 5.41) is 2.47. The van der Waals surface area contributed by atoms with Gasteiger partial charge in [0.1, 0.15) is 0 Å². The van der Waals surface area contributed by atoms with E-state index in [9.17, 15) is 0 Å². The Balaban J connectivity index is 2.08. The molecule has 2 aromatic carbocycles. The van der Waals surface area contributed by atoms with Gasteiger partial charge in [-0.25, -0.2) is 0 Å². The van der Waals surface area contributed by atoms with Gasteiger partial charge in [0.25, 0.3) is 0 Å². The van der Waals surface area contributed by atoms with Crippen molar-refractivity contribution in [1.29, 1.82) is 0 Å². The van der Waals surface area contributed by atoms with E-state index >= 15 is 0 Å². The number of ether oxygens (including phenoxy) is 1. The summed E-state index contributed by atoms with van der Waals surface area (Å²) in [5.41, 5.74) is 7.65. The topological polar surface area (TPSA) is 35.2 Å². The first-order chi connectivity index (χ1) is 8.77. The van der Waals surface area contributed by atoms with Gasteiger partial charge in [-0.15, -0.1) is 0 Å². The van der Waals surface area contributed by atoms with Crippen LogP contribution in [-0.4, -0.2) is 13.2 Å². The number of halogens is 1. The SMILES string of the molecule is NC(c1ccc(Br)c2ccccc12)C1CCOC1. The van der Waals surface area contributed by atoms with E-state index in [-0.39, 0.29) is 6.04 Å². The maximum absolute atomic E-state index is 6.42. The molecule has 0 radical (unpaired) electrons. The number of hydrogen-bond donors (Lipinski definition) is 1. The second kappa shape index (κ2) is 5.00. The molecule has 1 heterocycles. The van der Waals surface area contributed by atoms with E-state index in [0.29, 0.717) is 5.92 Å². The van der Waals surface area contributed by atoms with Crippen molar-refractivity contribution >= 4 is 26.7 Å². The van der Waals surface area contributed by atoms with Gasteiger partial charge in [-0.2, -0.15) is 0 Å². The van der Waals surface area contributed by atoms with E-state index in [4.69, 9.17) is 10.5 Å². The minimum Gasteiger partial charge on any atom is -0.381 e. The average Bonchev–Trinajstić information content (AvgIpc) is 2.93. The molecule has 2 N–H and O–H groups in total. The van der Waals surface area contributed by atoms with Crippen molar-refractivity contribution in [3.8, 4) is 0 Å². The van der Waals surface area contributed by atoms with Gasteiger partial charge in [-0.1, -0.05) is 46.3 Å². The molecule has 1 saturated heterocycles. The molecule has 0 bridgehead atoms. The van der Waals surface area contributed by atoms with Gasteiger partial charge >= 0.3 is 0 Å². The van der Waals surface area contributed by atoms with Crippen LogP contribution in [0.1, 0.15) is 18.0 Å². The average molecular weight is 306 g/mol. The summed E-state index contributed by atoms with van der Waals surface area (Å²) in [6.45, 7) is 1.62. The molecule has 0 amide bonds. The monoisotopic (exact) mass is 305 g/mol. The Bertz CT molecular complexity index is 563. The van der Waals surface area contributed by atoms with Crippen LogP contribution < -0.4 is 5.73 Å². The summed E-state index contributed by atoms with van der Waals surface area (Å²) >= 11 is 3.60. The Morgan fingerprint density at radius 1 is 1.17 bits per heavy atom. The minimum atomic E-state index is 0.0606. The summed E-state index contributed by atoms with van der Waals surface area (Å²) in [4.78, 5) is 0. The molecule has 0 saturated carbocycles. The van der Waals surface area contributed by atoms with Crippen LogP contribution in [0.5, 0.6) is 0 Å². The van der Waals surface area contributed by atoms with Crippen LogP contribution in [0.25, 0.3) is 10.8 Å². The van der Waals surface area contributed by atoms with E-state index in [2.05, 4.69) is 52.3 Å². The highest BCUT2D eigenvalue weighted by atomic mass is 79.9. The minimum absolute atomic E-state index is 0.0606. The maximum atomic E-state index is 6.42. The lowest BCUT2D eigenvalue weighted by Crippen LogP contribution is -2.21. The van der Waals surface area contributed by atoms with E-state index in [0.717, 1.165) is 24.1 Å². The molecule has 1 aliphatic rings. The van der Waals surface area contributed by atoms with Crippen LogP contribution in [-0.2, 0) is 4.74 Å². The fraction of sp³-hybridized carbons (Fsp3) is 0.333. The van der Waals surface area contributed by atoms with E-state index in [1.54, 1.807) is 0 Å². The quantitative estimate of drug-likeness (QED) is 0.919. The standard InChI is InChI=1S/C15H16BrNO/c16-14-6-5-13(11-3-1-2-4-12(11)14)15(17)10-7-8-18-9-10/h1-6,10,15H,7-9,17H2. The van der Waals surface area contributed by atoms with Crippen molar-refractivity contribution in [2.24, 2.45) is 11.7 Å². The third kappa shape index (κ3) is 2.07. The predicted molar refractivity (Wildman–Crippen MR) is 77.5 cm³/mol. The van der Waals surface area contributed by atoms with E-state index in [1.165, 1.54) is 16.3 Å². The number of rotatable bonds is 2. The second-order valence-electron chi connectivity index (χ2n) is 4.83. The van der Waals surface area contributed by atoms with E-state index in [1.807, 2.05) is 0 Å². The zero-order chi connectivity index (χ0) is 12.5. The van der Waals surface area contributed by atoms with Crippen LogP contribution >= 0.6 is 15.9 Å². The fourth-order valence-corrected chi connectivity index (χ4v) is 3.14. The van der Waals surface area contributed by atoms with Crippen LogP contribution in [0, 0.1) is 5.92 Å². The van der Waals surface area contributed by atoms with Crippen LogP contribution in [0.15, 0.2) is 40.9 Å². The molecular formula is C15H16BrNO. The second-order valence-corrected chi connectivity index (χ2v) is 5.69. The first kappa shape index (κ1) is 12.2. The predicted octanol–water partition coefficient (Wildman–Crippen LogP) is 3.64. The first-order valence-electron chi connectivity index (χ1n) is 6.28. The van der Waals surface area contributed by atoms with Gasteiger partial charge in [-0.3, -0.25) is 0 Å². The molecule has 3 rings (SSSR count). The lowest BCUT2D eigenvalue weighted by atomic mass is 9.90. The molecule has 1 aliphatic heterocycles. The number of fused-ring (bicyclic) bond motifs is 1. The van der Waals surface area contributed by atoms with Gasteiger partial charge in [0.05, 0.1) is 6.61 Å². The zero-order valence-electron chi connectivity index (χ0n) is 10.1. The molecule has 2 atom stereocenters. The Morgan fingerprint density at radius 2 is 1.94 bits per heavy atom. The van der Waals surface area contributed by atoms with Crippen molar-refractivity contribution < 1.29 is 4.74 Å². The van der Waals surface area contributed by atoms with Crippen molar-refractivity contribution in [3.05, 3.63) is 46.4 Å². The smallest absolute Gasteiger partial charge is 0.0513 e. The van der Waals surface area contributed by atoms with Crippen molar-refractivity contribution in [1.82, 2.24) is 0 Å². The summed E-state index contributed by atoms with van der Waals surface area (Å²) in [5.74, 6) is 0.439. The maximum Gasteiger partial charge on any atom is 0.0513 e. The molecular weight excluding hydrogens is 290 g/mol. The van der Waals surface area contributed by atoms with Gasteiger partial charge in [0.15, 0.2) is 0 Å². The molecule has 18 heavy (non-hydrogen) atoms. The Morgan fingerprint density at radius 3 is 2.67 bits per heavy atom. The highest BCUT2D eigenvalue weighted by Crippen LogP contribution is 2.34. The van der Waals surface area contributed by atoms with Gasteiger partial charge in [0.2, 0.25) is 0 Å². The lowest BCUT2D eigenvalue weighted by molar-refractivity contribution is 0.181. The molecule has 2 aromatic rings. The molecule has 0 spiro atoms. The number of hydrogen-bond acceptors (Lipinski definition) is 2. The van der Waals surface area contributed by atoms with Crippen LogP contribution in [0.2, 0.25) is 0 Å². The van der Waals surface area contributed by atoms with E-state index < -0.39 is 0 Å². The summed E-state index contributed by atoms with van der Waals surface area (Å²) in [6.07, 6.45) is 1.06. The van der Waals surface area contributed by atoms with Gasteiger partial charge < -0.3 is 10.5 Å². The van der Waals surface area contributed by atoms with Gasteiger partial charge in [0, 0.05) is 23.0 Å². The Kier molecular flexibility index (Phi) is 3.37.